The largest absolute Gasteiger partial charge is 0.446 e. The van der Waals surface area contributed by atoms with Gasteiger partial charge in [0.1, 0.15) is 0 Å². The lowest BCUT2D eigenvalue weighted by Gasteiger charge is -2.19. The van der Waals surface area contributed by atoms with Crippen LogP contribution in [-0.2, 0) is 4.79 Å². The number of hydrogen-bond donors (Lipinski definition) is 1. The molecule has 0 aliphatic rings. The number of nitrogens with zero attached hydrogens (tertiary/aromatic N) is 1. The fraction of sp³-hybridized carbons (Fsp3) is 0.176. The van der Waals surface area contributed by atoms with Gasteiger partial charge in [-0.1, -0.05) is 35.9 Å². The van der Waals surface area contributed by atoms with Gasteiger partial charge < -0.3 is 10.2 Å². The summed E-state index contributed by atoms with van der Waals surface area (Å²) in [6.45, 7) is -0.338. The van der Waals surface area contributed by atoms with Gasteiger partial charge in [-0.15, -0.1) is 0 Å². The minimum Gasteiger partial charge on any atom is -0.332 e. The summed E-state index contributed by atoms with van der Waals surface area (Å²) in [6, 6.07) is 11.9. The Bertz CT molecular complexity index is 815. The molecule has 9 heteroatoms. The van der Waals surface area contributed by atoms with E-state index in [1.54, 1.807) is 24.3 Å². The second kappa shape index (κ2) is 8.46. The maximum absolute atomic E-state index is 12.6. The van der Waals surface area contributed by atoms with Gasteiger partial charge >= 0.3 is 5.51 Å². The van der Waals surface area contributed by atoms with Crippen molar-refractivity contribution in [3.63, 3.8) is 0 Å². The van der Waals surface area contributed by atoms with E-state index in [1.165, 1.54) is 31.3 Å². The molecule has 0 saturated heterocycles. The van der Waals surface area contributed by atoms with E-state index < -0.39 is 17.3 Å². The van der Waals surface area contributed by atoms with E-state index in [1.807, 2.05) is 0 Å². The number of anilines is 1. The van der Waals surface area contributed by atoms with Crippen LogP contribution in [0.3, 0.4) is 0 Å². The zero-order chi connectivity index (χ0) is 19.3. The van der Waals surface area contributed by atoms with Crippen LogP contribution in [0, 0.1) is 0 Å². The van der Waals surface area contributed by atoms with Crippen molar-refractivity contribution in [2.75, 3.05) is 18.9 Å². The van der Waals surface area contributed by atoms with Crippen molar-refractivity contribution in [3.05, 3.63) is 59.1 Å². The first-order chi connectivity index (χ1) is 12.2. The lowest BCUT2D eigenvalue weighted by Crippen LogP contribution is -2.35. The fourth-order valence-electron chi connectivity index (χ4n) is 2.10. The molecule has 1 N–H and O–H groups in total. The second-order valence-corrected chi connectivity index (χ2v) is 6.75. The number of benzene rings is 2. The fourth-order valence-corrected chi connectivity index (χ4v) is 2.95. The van der Waals surface area contributed by atoms with Crippen molar-refractivity contribution in [1.82, 2.24) is 4.90 Å². The molecule has 0 unspecified atom stereocenters. The number of carbonyl (C=O) groups excluding carboxylic acids is 2. The number of halogens is 4. The Labute approximate surface area is 157 Å². The third-order valence-electron chi connectivity index (χ3n) is 3.22. The molecule has 0 aliphatic carbocycles. The maximum Gasteiger partial charge on any atom is 0.446 e. The Morgan fingerprint density at radius 1 is 1.12 bits per heavy atom. The molecule has 0 aliphatic heterocycles. The van der Waals surface area contributed by atoms with Gasteiger partial charge in [0.25, 0.3) is 5.91 Å². The Morgan fingerprint density at radius 3 is 2.38 bits per heavy atom. The molecule has 26 heavy (non-hydrogen) atoms. The minimum atomic E-state index is -4.52. The minimum absolute atomic E-state index is 0.122. The Hall–Kier alpha value is -2.19. The van der Waals surface area contributed by atoms with Crippen molar-refractivity contribution in [3.8, 4) is 0 Å². The van der Waals surface area contributed by atoms with Crippen molar-refractivity contribution in [2.24, 2.45) is 0 Å². The molecule has 0 atom stereocenters. The van der Waals surface area contributed by atoms with Crippen LogP contribution in [-0.4, -0.2) is 35.8 Å². The lowest BCUT2D eigenvalue weighted by molar-refractivity contribution is -0.116. The molecule has 4 nitrogen and oxygen atoms in total. The van der Waals surface area contributed by atoms with Gasteiger partial charge in [0.15, 0.2) is 0 Å². The smallest absolute Gasteiger partial charge is 0.332 e. The van der Waals surface area contributed by atoms with Gasteiger partial charge in [0.2, 0.25) is 5.91 Å². The van der Waals surface area contributed by atoms with Crippen molar-refractivity contribution < 1.29 is 22.8 Å². The predicted molar refractivity (Wildman–Crippen MR) is 95.4 cm³/mol. The highest BCUT2D eigenvalue weighted by Gasteiger charge is 2.31. The third-order valence-corrected chi connectivity index (χ3v) is 4.36. The molecular weight excluding hydrogens is 389 g/mol. The molecule has 0 radical (unpaired) electrons. The lowest BCUT2D eigenvalue weighted by atomic mass is 10.2. The highest BCUT2D eigenvalue weighted by molar-refractivity contribution is 8.00. The van der Waals surface area contributed by atoms with Gasteiger partial charge in [0.05, 0.1) is 22.8 Å². The number of alkyl halides is 3. The number of nitrogens with one attached hydrogen (secondary N) is 1. The normalized spacial score (nSPS) is 11.1. The number of thioether (sulfide) groups is 1. The summed E-state index contributed by atoms with van der Waals surface area (Å²) in [6.07, 6.45) is 0. The first-order valence-corrected chi connectivity index (χ1v) is 8.51. The van der Waals surface area contributed by atoms with Crippen LogP contribution >= 0.6 is 23.4 Å². The average molecular weight is 403 g/mol. The molecule has 0 saturated carbocycles. The number of carbonyl (C=O) groups is 2. The standard InChI is InChI=1S/C17H14ClF3N2O2S/c1-23(10-15(24)22-13-8-4-3-7-12(13)18)16(25)11-6-2-5-9-14(11)26-17(19,20)21/h2-9H,10H2,1H3,(H,22,24). The van der Waals surface area contributed by atoms with Gasteiger partial charge in [-0.05, 0) is 36.0 Å². The second-order valence-electron chi connectivity index (χ2n) is 5.23. The van der Waals surface area contributed by atoms with Crippen LogP contribution in [0.1, 0.15) is 10.4 Å². The topological polar surface area (TPSA) is 49.4 Å². The summed E-state index contributed by atoms with van der Waals surface area (Å²) in [5, 5.41) is 2.89. The molecule has 0 spiro atoms. The summed E-state index contributed by atoms with van der Waals surface area (Å²) < 4.78 is 37.9. The summed E-state index contributed by atoms with van der Waals surface area (Å²) in [5.41, 5.74) is -4.26. The molecule has 2 amide bonds. The molecule has 0 aromatic heterocycles. The van der Waals surface area contributed by atoms with Crippen molar-refractivity contribution in [2.45, 2.75) is 10.4 Å². The zero-order valence-electron chi connectivity index (χ0n) is 13.5. The number of hydrogen-bond acceptors (Lipinski definition) is 3. The summed E-state index contributed by atoms with van der Waals surface area (Å²) in [4.78, 5) is 25.3. The van der Waals surface area contributed by atoms with Gasteiger partial charge in [0, 0.05) is 11.9 Å². The number of rotatable bonds is 5. The molecule has 0 fully saturated rings. The van der Waals surface area contributed by atoms with E-state index in [2.05, 4.69) is 5.32 Å². The third kappa shape index (κ3) is 5.67. The van der Waals surface area contributed by atoms with E-state index in [0.717, 1.165) is 4.90 Å². The highest BCUT2D eigenvalue weighted by atomic mass is 35.5. The van der Waals surface area contributed by atoms with Crippen LogP contribution in [0.2, 0.25) is 5.02 Å². The van der Waals surface area contributed by atoms with Crippen LogP contribution in [0.5, 0.6) is 0 Å². The first kappa shape index (κ1) is 20.1. The van der Waals surface area contributed by atoms with E-state index in [0.29, 0.717) is 10.7 Å². The van der Waals surface area contributed by atoms with E-state index in [4.69, 9.17) is 11.6 Å². The summed E-state index contributed by atoms with van der Waals surface area (Å²) in [7, 11) is 1.34. The van der Waals surface area contributed by atoms with Crippen molar-refractivity contribution in [1.29, 1.82) is 0 Å². The SMILES string of the molecule is CN(CC(=O)Nc1ccccc1Cl)C(=O)c1ccccc1SC(F)(F)F. The van der Waals surface area contributed by atoms with Gasteiger partial charge in [-0.2, -0.15) is 13.2 Å². The molecule has 0 bridgehead atoms. The number of amides is 2. The average Bonchev–Trinajstić information content (AvgIpc) is 2.55. The Morgan fingerprint density at radius 2 is 1.73 bits per heavy atom. The summed E-state index contributed by atoms with van der Waals surface area (Å²) in [5.74, 6) is -1.21. The van der Waals surface area contributed by atoms with Gasteiger partial charge in [-0.25, -0.2) is 0 Å². The predicted octanol–water partition coefficient (Wildman–Crippen LogP) is 4.66. The zero-order valence-corrected chi connectivity index (χ0v) is 15.1. The number of para-hydroxylation sites is 1. The van der Waals surface area contributed by atoms with Crippen LogP contribution < -0.4 is 5.32 Å². The molecule has 0 heterocycles. The molecule has 2 aromatic carbocycles. The van der Waals surface area contributed by atoms with Crippen LogP contribution in [0.25, 0.3) is 0 Å². The van der Waals surface area contributed by atoms with Crippen LogP contribution in [0.4, 0.5) is 18.9 Å². The molecule has 2 aromatic rings. The quantitative estimate of drug-likeness (QED) is 0.740. The maximum atomic E-state index is 12.6. The van der Waals surface area contributed by atoms with E-state index in [9.17, 15) is 22.8 Å². The van der Waals surface area contributed by atoms with E-state index >= 15 is 0 Å². The molecular formula is C17H14ClF3N2O2S. The van der Waals surface area contributed by atoms with Crippen molar-refractivity contribution >= 4 is 40.9 Å². The molecule has 138 valence electrons. The highest BCUT2D eigenvalue weighted by Crippen LogP contribution is 2.38. The molecule has 2 rings (SSSR count). The van der Waals surface area contributed by atoms with Crippen LogP contribution in [0.15, 0.2) is 53.4 Å². The summed E-state index contributed by atoms with van der Waals surface area (Å²) >= 11 is 5.57. The monoisotopic (exact) mass is 402 g/mol. The Kier molecular flexibility index (Phi) is 6.55. The first-order valence-electron chi connectivity index (χ1n) is 7.32. The van der Waals surface area contributed by atoms with E-state index in [-0.39, 0.29) is 28.8 Å². The van der Waals surface area contributed by atoms with Gasteiger partial charge in [-0.3, -0.25) is 9.59 Å². The number of likely N-dealkylation sites (N-methyl/N-ethyl adjacent to an activating group) is 1. The Balaban J connectivity index is 2.08.